The van der Waals surface area contributed by atoms with E-state index in [0.717, 1.165) is 94.1 Å². The number of fused-ring (bicyclic) bond motifs is 11. The Morgan fingerprint density at radius 1 is 0.355 bits per heavy atom. The monoisotopic (exact) mass is 792 g/mol. The van der Waals surface area contributed by atoms with Gasteiger partial charge in [0.15, 0.2) is 0 Å². The third kappa shape index (κ3) is 5.27. The summed E-state index contributed by atoms with van der Waals surface area (Å²) in [6, 6.07) is 78.0. The van der Waals surface area contributed by atoms with Crippen LogP contribution in [-0.4, -0.2) is 4.57 Å². The van der Waals surface area contributed by atoms with Crippen molar-refractivity contribution in [3.8, 4) is 27.9 Å². The molecule has 0 radical (unpaired) electrons. The number of para-hydroxylation sites is 3. The number of anilines is 3. The normalized spacial score (nSPS) is 11.9. The Balaban J connectivity index is 0.969. The molecule has 4 heteroatoms. The molecule has 3 heterocycles. The lowest BCUT2D eigenvalue weighted by Crippen LogP contribution is -2.10. The standard InChI is InChI=1S/C58H36N2O2/c1-2-13-41(14-3-1)60-50-19-8-6-17-48(50)56-44(18-10-20-51(56)60)39-26-32-43(33-27-39)59(52-21-11-23-54-57(52)49-35-28-38-12-4-5-15-45(38)58(49)62-54)42-30-24-37(25-31-42)40-29-34-47-46-16-7-9-22-53(46)61-55(47)36-40/h1-36H. The first kappa shape index (κ1) is 34.5. The van der Waals surface area contributed by atoms with E-state index in [0.29, 0.717) is 0 Å². The van der Waals surface area contributed by atoms with E-state index in [9.17, 15) is 0 Å². The first-order chi connectivity index (χ1) is 30.7. The minimum atomic E-state index is 0.854. The molecule has 13 aromatic rings. The topological polar surface area (TPSA) is 34.5 Å². The summed E-state index contributed by atoms with van der Waals surface area (Å²) in [5.41, 5.74) is 14.8. The Bertz CT molecular complexity index is 3850. The van der Waals surface area contributed by atoms with Gasteiger partial charge in [0.2, 0.25) is 0 Å². The number of aromatic nitrogens is 1. The number of hydrogen-bond donors (Lipinski definition) is 0. The fraction of sp³-hybridized carbons (Fsp3) is 0. The number of hydrogen-bond acceptors (Lipinski definition) is 3. The maximum Gasteiger partial charge on any atom is 0.143 e. The van der Waals surface area contributed by atoms with Gasteiger partial charge in [-0.05, 0) is 113 Å². The highest BCUT2D eigenvalue weighted by atomic mass is 16.3. The lowest BCUT2D eigenvalue weighted by Gasteiger charge is -2.26. The second-order valence-electron chi connectivity index (χ2n) is 16.0. The van der Waals surface area contributed by atoms with Gasteiger partial charge in [-0.1, -0.05) is 133 Å². The minimum absolute atomic E-state index is 0.854. The summed E-state index contributed by atoms with van der Waals surface area (Å²) < 4.78 is 15.4. The number of furan rings is 2. The van der Waals surface area contributed by atoms with Crippen molar-refractivity contribution in [2.45, 2.75) is 0 Å². The lowest BCUT2D eigenvalue weighted by molar-refractivity contribution is 0.669. The molecule has 0 amide bonds. The molecule has 10 aromatic carbocycles. The van der Waals surface area contributed by atoms with Crippen LogP contribution >= 0.6 is 0 Å². The summed E-state index contributed by atoms with van der Waals surface area (Å²) in [7, 11) is 0. The van der Waals surface area contributed by atoms with Crippen molar-refractivity contribution < 1.29 is 8.83 Å². The zero-order valence-corrected chi connectivity index (χ0v) is 33.5. The summed E-state index contributed by atoms with van der Waals surface area (Å²) in [5, 5.41) is 9.18. The third-order valence-corrected chi connectivity index (χ3v) is 12.6. The second kappa shape index (κ2) is 13.6. The van der Waals surface area contributed by atoms with Gasteiger partial charge >= 0.3 is 0 Å². The van der Waals surface area contributed by atoms with E-state index in [2.05, 4.69) is 216 Å². The molecular weight excluding hydrogens is 757 g/mol. The van der Waals surface area contributed by atoms with Crippen molar-refractivity contribution in [1.82, 2.24) is 4.57 Å². The highest BCUT2D eigenvalue weighted by Crippen LogP contribution is 2.46. The van der Waals surface area contributed by atoms with Crippen LogP contribution < -0.4 is 4.90 Å². The average Bonchev–Trinajstić information content (AvgIpc) is 4.02. The molecule has 62 heavy (non-hydrogen) atoms. The van der Waals surface area contributed by atoms with Crippen LogP contribution in [0.4, 0.5) is 17.1 Å². The zero-order chi connectivity index (χ0) is 40.7. The van der Waals surface area contributed by atoms with E-state index in [-0.39, 0.29) is 0 Å². The van der Waals surface area contributed by atoms with Gasteiger partial charge in [0.1, 0.15) is 22.3 Å². The fourth-order valence-corrected chi connectivity index (χ4v) is 9.76. The molecule has 3 aromatic heterocycles. The highest BCUT2D eigenvalue weighted by Gasteiger charge is 2.22. The van der Waals surface area contributed by atoms with Crippen LogP contribution in [-0.2, 0) is 0 Å². The highest BCUT2D eigenvalue weighted by molar-refractivity contribution is 6.20. The quantitative estimate of drug-likeness (QED) is 0.168. The van der Waals surface area contributed by atoms with Crippen LogP contribution in [0.3, 0.4) is 0 Å². The van der Waals surface area contributed by atoms with Crippen LogP contribution in [0.15, 0.2) is 227 Å². The molecule has 0 atom stereocenters. The molecule has 0 bridgehead atoms. The summed E-state index contributed by atoms with van der Waals surface area (Å²) in [5.74, 6) is 0. The lowest BCUT2D eigenvalue weighted by atomic mass is 9.98. The molecule has 290 valence electrons. The first-order valence-electron chi connectivity index (χ1n) is 21.1. The number of rotatable bonds is 6. The van der Waals surface area contributed by atoms with Crippen molar-refractivity contribution in [1.29, 1.82) is 0 Å². The van der Waals surface area contributed by atoms with E-state index < -0.39 is 0 Å². The Labute approximate surface area is 356 Å². The van der Waals surface area contributed by atoms with E-state index in [4.69, 9.17) is 8.83 Å². The SMILES string of the molecule is c1ccc(-n2c3ccccc3c3c(-c4ccc(N(c5ccc(-c6ccc7c(c6)oc6ccccc67)cc5)c5cccc6oc7c8ccccc8ccc7c56)cc4)cccc32)cc1. The Kier molecular flexibility index (Phi) is 7.57. The molecule has 0 aliphatic carbocycles. The summed E-state index contributed by atoms with van der Waals surface area (Å²) >= 11 is 0. The second-order valence-corrected chi connectivity index (χ2v) is 16.0. The molecule has 0 aliphatic rings. The zero-order valence-electron chi connectivity index (χ0n) is 33.5. The molecule has 0 saturated heterocycles. The maximum absolute atomic E-state index is 6.71. The molecular formula is C58H36N2O2. The Morgan fingerprint density at radius 2 is 0.984 bits per heavy atom. The van der Waals surface area contributed by atoms with Crippen molar-refractivity contribution in [3.05, 3.63) is 218 Å². The van der Waals surface area contributed by atoms with Gasteiger partial charge in [-0.2, -0.15) is 0 Å². The molecule has 0 fully saturated rings. The van der Waals surface area contributed by atoms with Gasteiger partial charge < -0.3 is 18.3 Å². The summed E-state index contributed by atoms with van der Waals surface area (Å²) in [6.07, 6.45) is 0. The largest absolute Gasteiger partial charge is 0.456 e. The summed E-state index contributed by atoms with van der Waals surface area (Å²) in [4.78, 5) is 2.37. The van der Waals surface area contributed by atoms with Crippen LogP contribution in [0.25, 0.3) is 104 Å². The van der Waals surface area contributed by atoms with Gasteiger partial charge in [0, 0.05) is 49.4 Å². The molecule has 0 N–H and O–H groups in total. The van der Waals surface area contributed by atoms with E-state index in [1.165, 1.54) is 27.4 Å². The van der Waals surface area contributed by atoms with E-state index in [1.807, 2.05) is 12.1 Å². The Hall–Kier alpha value is -8.34. The molecule has 0 spiro atoms. The molecule has 0 unspecified atom stereocenters. The van der Waals surface area contributed by atoms with Crippen molar-refractivity contribution in [3.63, 3.8) is 0 Å². The maximum atomic E-state index is 6.71. The number of nitrogens with zero attached hydrogens (tertiary/aromatic N) is 2. The smallest absolute Gasteiger partial charge is 0.143 e. The minimum Gasteiger partial charge on any atom is -0.456 e. The Morgan fingerprint density at radius 3 is 1.82 bits per heavy atom. The molecule has 0 aliphatic heterocycles. The van der Waals surface area contributed by atoms with Crippen molar-refractivity contribution in [2.24, 2.45) is 0 Å². The van der Waals surface area contributed by atoms with Crippen molar-refractivity contribution >= 4 is 93.5 Å². The van der Waals surface area contributed by atoms with Gasteiger partial charge in [-0.15, -0.1) is 0 Å². The van der Waals surface area contributed by atoms with Gasteiger partial charge in [0.05, 0.1) is 22.1 Å². The molecule has 13 rings (SSSR count). The van der Waals surface area contributed by atoms with E-state index >= 15 is 0 Å². The van der Waals surface area contributed by atoms with Gasteiger partial charge in [0.25, 0.3) is 0 Å². The van der Waals surface area contributed by atoms with Crippen molar-refractivity contribution in [2.75, 3.05) is 4.90 Å². The van der Waals surface area contributed by atoms with E-state index in [1.54, 1.807) is 0 Å². The molecule has 4 nitrogen and oxygen atoms in total. The third-order valence-electron chi connectivity index (χ3n) is 12.6. The number of benzene rings is 10. The molecule has 0 saturated carbocycles. The van der Waals surface area contributed by atoms with Gasteiger partial charge in [-0.3, -0.25) is 0 Å². The van der Waals surface area contributed by atoms with Crippen LogP contribution in [0.2, 0.25) is 0 Å². The predicted molar refractivity (Wildman–Crippen MR) is 258 cm³/mol. The average molecular weight is 793 g/mol. The van der Waals surface area contributed by atoms with Crippen LogP contribution in [0, 0.1) is 0 Å². The van der Waals surface area contributed by atoms with Crippen LogP contribution in [0.1, 0.15) is 0 Å². The first-order valence-corrected chi connectivity index (χ1v) is 21.1. The fourth-order valence-electron chi connectivity index (χ4n) is 9.76. The summed E-state index contributed by atoms with van der Waals surface area (Å²) in [6.45, 7) is 0. The van der Waals surface area contributed by atoms with Crippen LogP contribution in [0.5, 0.6) is 0 Å². The van der Waals surface area contributed by atoms with Gasteiger partial charge in [-0.25, -0.2) is 0 Å². The predicted octanol–water partition coefficient (Wildman–Crippen LogP) is 16.5.